The minimum Gasteiger partial charge on any atom is -0.481 e. The van der Waals surface area contributed by atoms with Crippen LogP contribution < -0.4 is 10.2 Å². The summed E-state index contributed by atoms with van der Waals surface area (Å²) in [5.41, 5.74) is 2.02. The monoisotopic (exact) mass is 440 g/mol. The maximum absolute atomic E-state index is 12.6. The third-order valence-corrected chi connectivity index (χ3v) is 6.67. The van der Waals surface area contributed by atoms with Crippen LogP contribution in [0.4, 0.5) is 5.13 Å². The lowest BCUT2D eigenvalue weighted by molar-refractivity contribution is -0.136. The van der Waals surface area contributed by atoms with Crippen molar-refractivity contribution in [3.05, 3.63) is 21.3 Å². The molecule has 158 valence electrons. The smallest absolute Gasteiger partial charge is 0.309 e. The fourth-order valence-electron chi connectivity index (χ4n) is 3.52. The number of aromatic nitrogens is 1. The average Bonchev–Trinajstić information content (AvgIpc) is 3.24. The van der Waals surface area contributed by atoms with Crippen molar-refractivity contribution < 1.29 is 19.4 Å². The summed E-state index contributed by atoms with van der Waals surface area (Å²) in [6.45, 7) is 5.13. The number of carbonyl (C=O) groups is 2. The molecule has 0 unspecified atom stereocenters. The predicted octanol–water partition coefficient (Wildman–Crippen LogP) is 2.49. The lowest BCUT2D eigenvalue weighted by Crippen LogP contribution is -2.55. The molecule has 1 saturated heterocycles. The van der Waals surface area contributed by atoms with Crippen molar-refractivity contribution in [1.29, 1.82) is 0 Å². The molecule has 0 spiro atoms. The summed E-state index contributed by atoms with van der Waals surface area (Å²) in [6.07, 6.45) is 1.65. The molecule has 0 aliphatic carbocycles. The van der Waals surface area contributed by atoms with Crippen LogP contribution in [-0.2, 0) is 20.7 Å². The van der Waals surface area contributed by atoms with Gasteiger partial charge >= 0.3 is 5.97 Å². The van der Waals surface area contributed by atoms with E-state index in [9.17, 15) is 9.59 Å². The molecule has 0 radical (unpaired) electrons. The van der Waals surface area contributed by atoms with Crippen LogP contribution in [0.1, 0.15) is 36.8 Å². The number of anilines is 1. The maximum atomic E-state index is 12.6. The summed E-state index contributed by atoms with van der Waals surface area (Å²) in [5, 5.41) is 13.3. The highest BCUT2D eigenvalue weighted by Crippen LogP contribution is 2.29. The second-order valence-electron chi connectivity index (χ2n) is 7.14. The number of aryl methyl sites for hydroxylation is 1. The highest BCUT2D eigenvalue weighted by molar-refractivity contribution is 7.15. The normalized spacial score (nSPS) is 22.1. The van der Waals surface area contributed by atoms with Gasteiger partial charge in [-0.1, -0.05) is 18.5 Å². The van der Waals surface area contributed by atoms with Crippen molar-refractivity contribution in [2.75, 3.05) is 25.1 Å². The Morgan fingerprint density at radius 1 is 1.45 bits per heavy atom. The Morgan fingerprint density at radius 3 is 2.83 bits per heavy atom. The number of halogens is 1. The van der Waals surface area contributed by atoms with Gasteiger partial charge in [-0.05, 0) is 25.3 Å². The molecule has 29 heavy (non-hydrogen) atoms. The molecule has 2 aliphatic heterocycles. The van der Waals surface area contributed by atoms with Gasteiger partial charge in [-0.3, -0.25) is 9.59 Å². The first-order chi connectivity index (χ1) is 13.8. The molecule has 8 nitrogen and oxygen atoms in total. The molecule has 0 saturated carbocycles. The van der Waals surface area contributed by atoms with E-state index in [1.807, 2.05) is 13.8 Å². The fraction of sp³-hybridized carbons (Fsp3) is 0.579. The van der Waals surface area contributed by atoms with E-state index in [1.165, 1.54) is 11.3 Å². The number of carbonyl (C=O) groups excluding carboxylic acids is 1. The summed E-state index contributed by atoms with van der Waals surface area (Å²) < 4.78 is 5.63. The summed E-state index contributed by atoms with van der Waals surface area (Å²) in [6, 6.07) is -0.143. The zero-order chi connectivity index (χ0) is 21.1. The third kappa shape index (κ3) is 4.96. The van der Waals surface area contributed by atoms with Gasteiger partial charge in [0.15, 0.2) is 5.13 Å². The van der Waals surface area contributed by atoms with Crippen LogP contribution in [0.25, 0.3) is 0 Å². The number of piperidine rings is 1. The van der Waals surface area contributed by atoms with Crippen LogP contribution >= 0.6 is 22.9 Å². The zero-order valence-electron chi connectivity index (χ0n) is 16.7. The number of hydrogen-bond acceptors (Lipinski definition) is 7. The Kier molecular flexibility index (Phi) is 6.92. The van der Waals surface area contributed by atoms with E-state index >= 15 is 0 Å². The lowest BCUT2D eigenvalue weighted by Gasteiger charge is -2.38. The molecule has 1 aromatic rings. The SMILES string of the molecule is CCC1=C(Cl)N=C(C(=O)N[C@@H]2CCN(c3nc(CC(=O)O)c(C)s3)C[C@@H]2OC)C1. The second kappa shape index (κ2) is 9.23. The number of aliphatic imine (C=N–C) groups is 1. The number of carboxylic acid groups (broad SMARTS) is 1. The van der Waals surface area contributed by atoms with Gasteiger partial charge in [0.1, 0.15) is 10.9 Å². The summed E-state index contributed by atoms with van der Waals surface area (Å²) in [5.74, 6) is -1.10. The van der Waals surface area contributed by atoms with Gasteiger partial charge < -0.3 is 20.1 Å². The van der Waals surface area contributed by atoms with Gasteiger partial charge in [-0.2, -0.15) is 0 Å². The number of hydrogen-bond donors (Lipinski definition) is 2. The Balaban J connectivity index is 1.62. The standard InChI is InChI=1S/C19H25ClN4O4S/c1-4-11-7-14(21-17(11)20)18(27)22-12-5-6-24(9-15(12)28-3)19-23-13(8-16(25)26)10(2)29-19/h12,15H,4-9H2,1-3H3,(H,22,27)(H,25,26)/t12-,15+/m1/s1. The minimum absolute atomic E-state index is 0.0823. The van der Waals surface area contributed by atoms with Crippen LogP contribution in [0.3, 0.4) is 0 Å². The maximum Gasteiger partial charge on any atom is 0.309 e. The summed E-state index contributed by atoms with van der Waals surface area (Å²) >= 11 is 7.57. The molecule has 0 bridgehead atoms. The molecular weight excluding hydrogens is 416 g/mol. The number of carboxylic acids is 1. The van der Waals surface area contributed by atoms with E-state index < -0.39 is 5.97 Å². The number of ether oxygens (including phenoxy) is 1. The first kappa shape index (κ1) is 21.7. The summed E-state index contributed by atoms with van der Waals surface area (Å²) in [4.78, 5) is 35.3. The number of thiazole rings is 1. The largest absolute Gasteiger partial charge is 0.481 e. The van der Waals surface area contributed by atoms with Gasteiger partial charge in [0, 0.05) is 31.5 Å². The molecule has 3 heterocycles. The van der Waals surface area contributed by atoms with Gasteiger partial charge in [-0.15, -0.1) is 11.3 Å². The van der Waals surface area contributed by atoms with Crippen molar-refractivity contribution in [2.24, 2.45) is 4.99 Å². The number of aliphatic carboxylic acids is 1. The number of nitrogens with zero attached hydrogens (tertiary/aromatic N) is 3. The van der Waals surface area contributed by atoms with E-state index in [0.29, 0.717) is 42.5 Å². The van der Waals surface area contributed by atoms with E-state index in [2.05, 4.69) is 20.2 Å². The topological polar surface area (TPSA) is 104 Å². The number of amides is 1. The molecule has 0 aromatic carbocycles. The Bertz CT molecular complexity index is 866. The Morgan fingerprint density at radius 2 is 2.21 bits per heavy atom. The van der Waals surface area contributed by atoms with E-state index in [4.69, 9.17) is 21.4 Å². The molecule has 2 aliphatic rings. The van der Waals surface area contributed by atoms with Crippen molar-refractivity contribution in [1.82, 2.24) is 10.3 Å². The molecular formula is C19H25ClN4O4S. The third-order valence-electron chi connectivity index (χ3n) is 5.24. The van der Waals surface area contributed by atoms with Crippen molar-refractivity contribution in [2.45, 2.75) is 51.7 Å². The Labute approximate surface area is 178 Å². The molecule has 3 rings (SSSR count). The van der Waals surface area contributed by atoms with E-state index in [0.717, 1.165) is 22.0 Å². The first-order valence-corrected chi connectivity index (χ1v) is 10.7. The van der Waals surface area contributed by atoms with Crippen molar-refractivity contribution >= 4 is 45.7 Å². The highest BCUT2D eigenvalue weighted by Gasteiger charge is 2.33. The predicted molar refractivity (Wildman–Crippen MR) is 113 cm³/mol. The van der Waals surface area contributed by atoms with Crippen LogP contribution in [0.2, 0.25) is 0 Å². The number of rotatable bonds is 7. The highest BCUT2D eigenvalue weighted by atomic mass is 35.5. The molecule has 2 N–H and O–H groups in total. The average molecular weight is 441 g/mol. The van der Waals surface area contributed by atoms with Crippen LogP contribution in [0.5, 0.6) is 0 Å². The van der Waals surface area contributed by atoms with Crippen molar-refractivity contribution in [3.63, 3.8) is 0 Å². The van der Waals surface area contributed by atoms with E-state index in [-0.39, 0.29) is 24.5 Å². The van der Waals surface area contributed by atoms with Gasteiger partial charge in [0.05, 0.1) is 24.3 Å². The van der Waals surface area contributed by atoms with Crippen molar-refractivity contribution in [3.8, 4) is 0 Å². The molecule has 1 aromatic heterocycles. The summed E-state index contributed by atoms with van der Waals surface area (Å²) in [7, 11) is 1.62. The molecule has 1 fully saturated rings. The van der Waals surface area contributed by atoms with Gasteiger partial charge in [-0.25, -0.2) is 9.98 Å². The fourth-order valence-corrected chi connectivity index (χ4v) is 4.78. The lowest BCUT2D eigenvalue weighted by atomic mass is 10.0. The number of nitrogens with one attached hydrogen (secondary N) is 1. The quantitative estimate of drug-likeness (QED) is 0.631. The van der Waals surface area contributed by atoms with Crippen LogP contribution in [0.15, 0.2) is 15.7 Å². The van der Waals surface area contributed by atoms with E-state index in [1.54, 1.807) is 7.11 Å². The minimum atomic E-state index is -0.892. The van der Waals surface area contributed by atoms with Gasteiger partial charge in [0.2, 0.25) is 0 Å². The number of allylic oxidation sites excluding steroid dienone is 1. The number of methoxy groups -OCH3 is 1. The first-order valence-electron chi connectivity index (χ1n) is 9.54. The molecule has 1 amide bonds. The van der Waals surface area contributed by atoms with Gasteiger partial charge in [0.25, 0.3) is 5.91 Å². The molecule has 10 heteroatoms. The second-order valence-corrected chi connectivity index (χ2v) is 8.68. The van der Waals surface area contributed by atoms with Crippen LogP contribution in [0, 0.1) is 6.92 Å². The molecule has 2 atom stereocenters. The zero-order valence-corrected chi connectivity index (χ0v) is 18.3. The Hall–Kier alpha value is -1.97. The van der Waals surface area contributed by atoms with Crippen LogP contribution in [-0.4, -0.2) is 60.0 Å².